The Labute approximate surface area is 145 Å². The monoisotopic (exact) mass is 345 g/mol. The van der Waals surface area contributed by atoms with Crippen molar-refractivity contribution in [3.8, 4) is 11.5 Å². The van der Waals surface area contributed by atoms with E-state index in [0.717, 1.165) is 5.56 Å². The Morgan fingerprint density at radius 1 is 1.20 bits per heavy atom. The Morgan fingerprint density at radius 2 is 1.92 bits per heavy atom. The quantitative estimate of drug-likeness (QED) is 0.640. The van der Waals surface area contributed by atoms with E-state index < -0.39 is 11.0 Å². The van der Waals surface area contributed by atoms with Crippen LogP contribution in [0.5, 0.6) is 11.5 Å². The van der Waals surface area contributed by atoms with Gasteiger partial charge in [0.05, 0.1) is 25.7 Å². The highest BCUT2D eigenvalue weighted by atomic mass is 16.6. The number of carbonyl (C=O) groups excluding carboxylic acids is 1. The van der Waals surface area contributed by atoms with E-state index in [2.05, 4.69) is 5.32 Å². The molecule has 0 aromatic heterocycles. The lowest BCUT2D eigenvalue weighted by Gasteiger charge is -2.20. The molecule has 2 aromatic carbocycles. The summed E-state index contributed by atoms with van der Waals surface area (Å²) in [4.78, 5) is 24.1. The molecule has 0 unspecified atom stereocenters. The molecule has 0 aliphatic carbocycles. The molecule has 8 nitrogen and oxygen atoms in total. The van der Waals surface area contributed by atoms with E-state index in [1.165, 1.54) is 30.2 Å². The minimum Gasteiger partial charge on any atom is -0.493 e. The number of nitro benzene ring substituents is 1. The number of nitro groups is 1. The second-order valence-electron chi connectivity index (χ2n) is 5.25. The molecule has 0 saturated heterocycles. The first-order chi connectivity index (χ1) is 12.0. The smallest absolute Gasteiger partial charge is 0.321 e. The van der Waals surface area contributed by atoms with Crippen molar-refractivity contribution in [1.82, 2.24) is 4.90 Å². The Kier molecular flexibility index (Phi) is 5.78. The minimum absolute atomic E-state index is 0.0880. The summed E-state index contributed by atoms with van der Waals surface area (Å²) in [5, 5.41) is 13.4. The Bertz CT molecular complexity index is 779. The van der Waals surface area contributed by atoms with Crippen LogP contribution in [0.4, 0.5) is 16.2 Å². The van der Waals surface area contributed by atoms with Gasteiger partial charge in [0, 0.05) is 30.4 Å². The van der Waals surface area contributed by atoms with Crippen LogP contribution in [0.25, 0.3) is 0 Å². The van der Waals surface area contributed by atoms with Gasteiger partial charge in [-0.2, -0.15) is 0 Å². The fourth-order valence-electron chi connectivity index (χ4n) is 2.32. The molecule has 0 atom stereocenters. The Hall–Kier alpha value is -3.29. The molecule has 8 heteroatoms. The van der Waals surface area contributed by atoms with Crippen LogP contribution in [0.1, 0.15) is 5.56 Å². The van der Waals surface area contributed by atoms with Crippen molar-refractivity contribution in [2.75, 3.05) is 26.6 Å². The molecule has 0 aliphatic heterocycles. The lowest BCUT2D eigenvalue weighted by molar-refractivity contribution is -0.384. The number of nitrogens with one attached hydrogen (secondary N) is 1. The lowest BCUT2D eigenvalue weighted by atomic mass is 10.1. The van der Waals surface area contributed by atoms with Gasteiger partial charge in [-0.05, 0) is 12.1 Å². The molecule has 2 amide bonds. The van der Waals surface area contributed by atoms with E-state index in [9.17, 15) is 14.9 Å². The second-order valence-corrected chi connectivity index (χ2v) is 5.25. The number of amides is 2. The van der Waals surface area contributed by atoms with Crippen molar-refractivity contribution in [1.29, 1.82) is 0 Å². The van der Waals surface area contributed by atoms with E-state index in [0.29, 0.717) is 17.2 Å². The highest BCUT2D eigenvalue weighted by Crippen LogP contribution is 2.31. The number of rotatable bonds is 6. The van der Waals surface area contributed by atoms with E-state index in [4.69, 9.17) is 9.47 Å². The maximum absolute atomic E-state index is 12.3. The van der Waals surface area contributed by atoms with Gasteiger partial charge in [-0.1, -0.05) is 18.2 Å². The molecule has 2 rings (SSSR count). The van der Waals surface area contributed by atoms with Crippen LogP contribution in [-0.2, 0) is 6.54 Å². The zero-order valence-corrected chi connectivity index (χ0v) is 14.2. The van der Waals surface area contributed by atoms with Gasteiger partial charge in [0.2, 0.25) is 0 Å². The molecule has 0 spiro atoms. The normalized spacial score (nSPS) is 10.0. The molecule has 132 valence electrons. The van der Waals surface area contributed by atoms with Crippen molar-refractivity contribution < 1.29 is 19.2 Å². The van der Waals surface area contributed by atoms with Crippen LogP contribution in [0.15, 0.2) is 42.5 Å². The zero-order chi connectivity index (χ0) is 18.4. The molecule has 0 bridgehead atoms. The van der Waals surface area contributed by atoms with E-state index >= 15 is 0 Å². The summed E-state index contributed by atoms with van der Waals surface area (Å²) in [6.07, 6.45) is 0. The fraction of sp³-hybridized carbons (Fsp3) is 0.235. The predicted molar refractivity (Wildman–Crippen MR) is 93.1 cm³/mol. The van der Waals surface area contributed by atoms with Gasteiger partial charge in [-0.25, -0.2) is 4.79 Å². The molecule has 0 heterocycles. The number of urea groups is 1. The third-order valence-electron chi connectivity index (χ3n) is 3.55. The minimum atomic E-state index is -0.513. The summed E-state index contributed by atoms with van der Waals surface area (Å²) in [7, 11) is 4.69. The standard InChI is InChI=1S/C17H19N3O5/c1-19(11-12-6-4-9-15(24-2)16(12)25-3)17(21)18-13-7-5-8-14(10-13)20(22)23/h4-10H,11H2,1-3H3,(H,18,21). The van der Waals surface area contributed by atoms with E-state index in [1.807, 2.05) is 12.1 Å². The van der Waals surface area contributed by atoms with Crippen molar-refractivity contribution in [3.05, 3.63) is 58.1 Å². The van der Waals surface area contributed by atoms with Gasteiger partial charge >= 0.3 is 6.03 Å². The third-order valence-corrected chi connectivity index (χ3v) is 3.55. The maximum Gasteiger partial charge on any atom is 0.321 e. The number of hydrogen-bond acceptors (Lipinski definition) is 5. The van der Waals surface area contributed by atoms with Crippen LogP contribution in [-0.4, -0.2) is 37.1 Å². The van der Waals surface area contributed by atoms with Crippen LogP contribution >= 0.6 is 0 Å². The molecule has 25 heavy (non-hydrogen) atoms. The second kappa shape index (κ2) is 8.00. The summed E-state index contributed by atoms with van der Waals surface area (Å²) < 4.78 is 10.6. The fourth-order valence-corrected chi connectivity index (χ4v) is 2.32. The maximum atomic E-state index is 12.3. The van der Waals surface area contributed by atoms with Crippen LogP contribution in [0.3, 0.4) is 0 Å². The Balaban J connectivity index is 2.11. The summed E-state index contributed by atoms with van der Waals surface area (Å²) in [5.74, 6) is 1.13. The summed E-state index contributed by atoms with van der Waals surface area (Å²) in [6, 6.07) is 10.8. The average molecular weight is 345 g/mol. The predicted octanol–water partition coefficient (Wildman–Crippen LogP) is 3.28. The van der Waals surface area contributed by atoms with Crippen LogP contribution < -0.4 is 14.8 Å². The summed E-state index contributed by atoms with van der Waals surface area (Å²) in [6.45, 7) is 0.279. The lowest BCUT2D eigenvalue weighted by Crippen LogP contribution is -2.31. The molecule has 0 fully saturated rings. The number of non-ortho nitro benzene ring substituents is 1. The largest absolute Gasteiger partial charge is 0.493 e. The molecule has 0 radical (unpaired) electrons. The van der Waals surface area contributed by atoms with E-state index in [1.54, 1.807) is 26.3 Å². The molecule has 2 aromatic rings. The molecule has 1 N–H and O–H groups in total. The Morgan fingerprint density at radius 3 is 2.56 bits per heavy atom. The van der Waals surface area contributed by atoms with Crippen molar-refractivity contribution >= 4 is 17.4 Å². The van der Waals surface area contributed by atoms with Gasteiger partial charge in [-0.15, -0.1) is 0 Å². The van der Waals surface area contributed by atoms with Gasteiger partial charge in [0.25, 0.3) is 5.69 Å². The zero-order valence-electron chi connectivity index (χ0n) is 14.2. The molecule has 0 aliphatic rings. The SMILES string of the molecule is COc1cccc(CN(C)C(=O)Nc2cccc([N+](=O)[O-])c2)c1OC. The number of nitrogens with zero attached hydrogens (tertiary/aromatic N) is 2. The van der Waals surface area contributed by atoms with Gasteiger partial charge in [0.1, 0.15) is 0 Å². The van der Waals surface area contributed by atoms with Gasteiger partial charge < -0.3 is 19.7 Å². The third kappa shape index (κ3) is 4.37. The van der Waals surface area contributed by atoms with Crippen molar-refractivity contribution in [3.63, 3.8) is 0 Å². The number of methoxy groups -OCH3 is 2. The van der Waals surface area contributed by atoms with Crippen LogP contribution in [0, 0.1) is 10.1 Å². The highest BCUT2D eigenvalue weighted by molar-refractivity contribution is 5.89. The number of anilines is 1. The number of hydrogen-bond donors (Lipinski definition) is 1. The van der Waals surface area contributed by atoms with Gasteiger partial charge in [-0.3, -0.25) is 10.1 Å². The van der Waals surface area contributed by atoms with E-state index in [-0.39, 0.29) is 12.2 Å². The molecule has 0 saturated carbocycles. The molecular formula is C17H19N3O5. The van der Waals surface area contributed by atoms with Crippen molar-refractivity contribution in [2.45, 2.75) is 6.54 Å². The average Bonchev–Trinajstić information content (AvgIpc) is 2.61. The summed E-state index contributed by atoms with van der Waals surface area (Å²) in [5.41, 5.74) is 1.04. The number of para-hydroxylation sites is 1. The number of carbonyl (C=O) groups is 1. The number of benzene rings is 2. The first-order valence-electron chi connectivity index (χ1n) is 7.42. The highest BCUT2D eigenvalue weighted by Gasteiger charge is 2.16. The first kappa shape index (κ1) is 18.1. The van der Waals surface area contributed by atoms with Gasteiger partial charge in [0.15, 0.2) is 11.5 Å². The molecular weight excluding hydrogens is 326 g/mol. The van der Waals surface area contributed by atoms with Crippen LogP contribution in [0.2, 0.25) is 0 Å². The summed E-state index contributed by atoms with van der Waals surface area (Å²) >= 11 is 0. The number of ether oxygens (including phenoxy) is 2. The topological polar surface area (TPSA) is 93.9 Å². The first-order valence-corrected chi connectivity index (χ1v) is 7.42. The van der Waals surface area contributed by atoms with Crippen molar-refractivity contribution in [2.24, 2.45) is 0 Å².